The maximum atomic E-state index is 13.1. The molecule has 0 bridgehead atoms. The molecule has 3 rings (SSSR count). The number of nitrogens with zero attached hydrogens (tertiary/aromatic N) is 4. The van der Waals surface area contributed by atoms with Crippen LogP contribution in [0.2, 0.25) is 0 Å². The Bertz CT molecular complexity index is 545. The van der Waals surface area contributed by atoms with Gasteiger partial charge in [-0.15, -0.1) is 0 Å². The van der Waals surface area contributed by atoms with E-state index in [0.29, 0.717) is 12.1 Å². The summed E-state index contributed by atoms with van der Waals surface area (Å²) in [7, 11) is 6.06. The number of hydrogen-bond donors (Lipinski definition) is 0. The first-order valence-corrected chi connectivity index (χ1v) is 8.23. The van der Waals surface area contributed by atoms with Crippen molar-refractivity contribution in [1.82, 2.24) is 14.8 Å². The maximum absolute atomic E-state index is 13.1. The summed E-state index contributed by atoms with van der Waals surface area (Å²) in [5.41, 5.74) is 0.722. The molecule has 5 heteroatoms. The van der Waals surface area contributed by atoms with Crippen LogP contribution in [0.4, 0.5) is 5.82 Å². The van der Waals surface area contributed by atoms with E-state index in [-0.39, 0.29) is 5.91 Å². The Labute approximate surface area is 132 Å². The van der Waals surface area contributed by atoms with E-state index in [9.17, 15) is 4.79 Å². The van der Waals surface area contributed by atoms with Gasteiger partial charge < -0.3 is 14.7 Å². The largest absolute Gasteiger partial charge is 0.362 e. The number of pyridine rings is 1. The predicted molar refractivity (Wildman–Crippen MR) is 88.3 cm³/mol. The molecule has 0 saturated carbocycles. The van der Waals surface area contributed by atoms with Gasteiger partial charge >= 0.3 is 0 Å². The molecular formula is C17H26N4O. The fourth-order valence-electron chi connectivity index (χ4n) is 3.94. The van der Waals surface area contributed by atoms with Crippen LogP contribution in [0.3, 0.4) is 0 Å². The first-order chi connectivity index (χ1) is 10.6. The van der Waals surface area contributed by atoms with Crippen LogP contribution >= 0.6 is 0 Å². The van der Waals surface area contributed by atoms with Crippen molar-refractivity contribution in [2.75, 3.05) is 39.1 Å². The van der Waals surface area contributed by atoms with E-state index in [2.05, 4.69) is 21.8 Å². The van der Waals surface area contributed by atoms with Crippen molar-refractivity contribution in [1.29, 1.82) is 0 Å². The SMILES string of the molecule is CN(C)c1ncccc1C(=O)N1CCC[C@@H]1[C@H]1CCCN1C. The Hall–Kier alpha value is -1.62. The van der Waals surface area contributed by atoms with Crippen LogP contribution in [0.5, 0.6) is 0 Å². The van der Waals surface area contributed by atoms with Crippen LogP contribution in [-0.2, 0) is 0 Å². The highest BCUT2D eigenvalue weighted by Crippen LogP contribution is 2.31. The molecule has 2 atom stereocenters. The van der Waals surface area contributed by atoms with E-state index in [4.69, 9.17) is 0 Å². The summed E-state index contributed by atoms with van der Waals surface area (Å²) >= 11 is 0. The number of rotatable bonds is 3. The first-order valence-electron chi connectivity index (χ1n) is 8.23. The van der Waals surface area contributed by atoms with E-state index in [1.165, 1.54) is 12.8 Å². The van der Waals surface area contributed by atoms with Crippen molar-refractivity contribution in [2.45, 2.75) is 37.8 Å². The average molecular weight is 302 g/mol. The van der Waals surface area contributed by atoms with Gasteiger partial charge in [0.1, 0.15) is 5.82 Å². The molecule has 0 unspecified atom stereocenters. The molecule has 2 aliphatic heterocycles. The Morgan fingerprint density at radius 3 is 2.64 bits per heavy atom. The van der Waals surface area contributed by atoms with Gasteiger partial charge in [-0.2, -0.15) is 0 Å². The number of carbonyl (C=O) groups is 1. The molecule has 0 aromatic carbocycles. The van der Waals surface area contributed by atoms with Crippen molar-refractivity contribution in [3.8, 4) is 0 Å². The van der Waals surface area contributed by atoms with Crippen LogP contribution in [0, 0.1) is 0 Å². The molecule has 0 radical (unpaired) electrons. The second-order valence-corrected chi connectivity index (χ2v) is 6.67. The number of anilines is 1. The highest BCUT2D eigenvalue weighted by Gasteiger charge is 2.39. The molecule has 1 amide bonds. The van der Waals surface area contributed by atoms with Gasteiger partial charge in [-0.05, 0) is 51.4 Å². The van der Waals surface area contributed by atoms with Gasteiger partial charge in [0.05, 0.1) is 5.56 Å². The van der Waals surface area contributed by atoms with Gasteiger partial charge in [-0.25, -0.2) is 4.98 Å². The lowest BCUT2D eigenvalue weighted by molar-refractivity contribution is 0.0665. The second kappa shape index (κ2) is 6.24. The number of aromatic nitrogens is 1. The average Bonchev–Trinajstić information content (AvgIpc) is 3.14. The zero-order valence-corrected chi connectivity index (χ0v) is 13.8. The quantitative estimate of drug-likeness (QED) is 0.854. The number of likely N-dealkylation sites (tertiary alicyclic amines) is 2. The third kappa shape index (κ3) is 2.70. The minimum absolute atomic E-state index is 0.139. The van der Waals surface area contributed by atoms with Crippen LogP contribution < -0.4 is 4.90 Å². The molecule has 1 aromatic heterocycles. The van der Waals surface area contributed by atoms with Crippen molar-refractivity contribution in [3.63, 3.8) is 0 Å². The fraction of sp³-hybridized carbons (Fsp3) is 0.647. The zero-order valence-electron chi connectivity index (χ0n) is 13.8. The highest BCUT2D eigenvalue weighted by atomic mass is 16.2. The Morgan fingerprint density at radius 2 is 1.95 bits per heavy atom. The Kier molecular flexibility index (Phi) is 4.34. The van der Waals surface area contributed by atoms with Gasteiger partial charge in [0, 0.05) is 38.9 Å². The standard InChI is InChI=1S/C17H26N4O/c1-19(2)16-13(7-4-10-18-16)17(22)21-12-6-9-15(21)14-8-5-11-20(14)3/h4,7,10,14-15H,5-6,8-9,11-12H2,1-3H3/t14-,15-/m1/s1. The molecule has 3 heterocycles. The molecule has 120 valence electrons. The summed E-state index contributed by atoms with van der Waals surface area (Å²) in [5.74, 6) is 0.900. The molecule has 2 fully saturated rings. The topological polar surface area (TPSA) is 39.7 Å². The normalized spacial score (nSPS) is 25.7. The summed E-state index contributed by atoms with van der Waals surface area (Å²) in [5, 5.41) is 0. The van der Waals surface area contributed by atoms with Crippen LogP contribution in [0.15, 0.2) is 18.3 Å². The molecule has 0 aliphatic carbocycles. The van der Waals surface area contributed by atoms with E-state index >= 15 is 0 Å². The molecule has 22 heavy (non-hydrogen) atoms. The second-order valence-electron chi connectivity index (χ2n) is 6.67. The highest BCUT2D eigenvalue weighted by molar-refractivity contribution is 5.99. The van der Waals surface area contributed by atoms with Crippen molar-refractivity contribution < 1.29 is 4.79 Å². The molecule has 5 nitrogen and oxygen atoms in total. The van der Waals surface area contributed by atoms with Gasteiger partial charge in [0.15, 0.2) is 0 Å². The minimum atomic E-state index is 0.139. The van der Waals surface area contributed by atoms with Crippen molar-refractivity contribution in [2.24, 2.45) is 0 Å². The first kappa shape index (κ1) is 15.3. The molecule has 2 saturated heterocycles. The zero-order chi connectivity index (χ0) is 15.7. The van der Waals surface area contributed by atoms with Gasteiger partial charge in [-0.3, -0.25) is 4.79 Å². The van der Waals surface area contributed by atoms with Crippen LogP contribution in [-0.4, -0.2) is 67.0 Å². The smallest absolute Gasteiger partial charge is 0.257 e. The fourth-order valence-corrected chi connectivity index (χ4v) is 3.94. The predicted octanol–water partition coefficient (Wildman–Crippen LogP) is 1.85. The molecular weight excluding hydrogens is 276 g/mol. The summed E-state index contributed by atoms with van der Waals surface area (Å²) < 4.78 is 0. The lowest BCUT2D eigenvalue weighted by Crippen LogP contribution is -2.47. The third-order valence-electron chi connectivity index (χ3n) is 5.02. The molecule has 2 aliphatic rings. The summed E-state index contributed by atoms with van der Waals surface area (Å²) in [6.45, 7) is 2.02. The summed E-state index contributed by atoms with van der Waals surface area (Å²) in [4.78, 5) is 23.9. The van der Waals surface area contributed by atoms with E-state index < -0.39 is 0 Å². The lowest BCUT2D eigenvalue weighted by Gasteiger charge is -2.33. The summed E-state index contributed by atoms with van der Waals surface area (Å²) in [6.07, 6.45) is 6.43. The Balaban J connectivity index is 1.85. The number of likely N-dealkylation sites (N-methyl/N-ethyl adjacent to an activating group) is 1. The number of carbonyl (C=O) groups excluding carboxylic acids is 1. The molecule has 0 spiro atoms. The van der Waals surface area contributed by atoms with Crippen LogP contribution in [0.1, 0.15) is 36.0 Å². The third-order valence-corrected chi connectivity index (χ3v) is 5.02. The molecule has 0 N–H and O–H groups in total. The monoisotopic (exact) mass is 302 g/mol. The number of hydrogen-bond acceptors (Lipinski definition) is 4. The summed E-state index contributed by atoms with van der Waals surface area (Å²) in [6, 6.07) is 4.63. The van der Waals surface area contributed by atoms with Crippen molar-refractivity contribution >= 4 is 11.7 Å². The molecule has 1 aromatic rings. The van der Waals surface area contributed by atoms with Gasteiger partial charge in [-0.1, -0.05) is 0 Å². The maximum Gasteiger partial charge on any atom is 0.257 e. The minimum Gasteiger partial charge on any atom is -0.362 e. The van der Waals surface area contributed by atoms with E-state index in [0.717, 1.165) is 37.3 Å². The van der Waals surface area contributed by atoms with Crippen molar-refractivity contribution in [3.05, 3.63) is 23.9 Å². The van der Waals surface area contributed by atoms with Gasteiger partial charge in [0.25, 0.3) is 5.91 Å². The lowest BCUT2D eigenvalue weighted by atomic mass is 10.0. The van der Waals surface area contributed by atoms with Gasteiger partial charge in [0.2, 0.25) is 0 Å². The number of amides is 1. The van der Waals surface area contributed by atoms with E-state index in [1.54, 1.807) is 6.20 Å². The van der Waals surface area contributed by atoms with Crippen LogP contribution in [0.25, 0.3) is 0 Å². The Morgan fingerprint density at radius 1 is 1.23 bits per heavy atom. The van der Waals surface area contributed by atoms with E-state index in [1.807, 2.05) is 31.1 Å².